The van der Waals surface area contributed by atoms with Gasteiger partial charge in [-0.1, -0.05) is 18.2 Å². The lowest BCUT2D eigenvalue weighted by atomic mass is 10.0. The average Bonchev–Trinajstić information content (AvgIpc) is 2.62. The van der Waals surface area contributed by atoms with E-state index in [9.17, 15) is 18.0 Å². The number of carbonyl (C=O) groups is 1. The standard InChI is InChI=1S/C19H20F3N3O/c20-19(21,22)13-4-3-5-15(12-13)24-17-7-2-1-6-16(17)18(26)25-10-8-14(23)9-11-25/h1-7,12,14,24H,8-11,23H2. The largest absolute Gasteiger partial charge is 0.416 e. The third kappa shape index (κ3) is 4.16. The SMILES string of the molecule is NC1CCN(C(=O)c2ccccc2Nc2cccc(C(F)(F)F)c2)CC1. The molecule has 26 heavy (non-hydrogen) atoms. The zero-order valence-electron chi connectivity index (χ0n) is 14.1. The highest BCUT2D eigenvalue weighted by Gasteiger charge is 2.30. The average molecular weight is 363 g/mol. The van der Waals surface area contributed by atoms with Gasteiger partial charge < -0.3 is 16.0 Å². The fourth-order valence-corrected chi connectivity index (χ4v) is 2.98. The number of anilines is 2. The predicted molar refractivity (Wildman–Crippen MR) is 94.3 cm³/mol. The maximum absolute atomic E-state index is 12.9. The minimum atomic E-state index is -4.42. The van der Waals surface area contributed by atoms with E-state index >= 15 is 0 Å². The van der Waals surface area contributed by atoms with Crippen molar-refractivity contribution in [1.29, 1.82) is 0 Å². The zero-order valence-corrected chi connectivity index (χ0v) is 14.1. The summed E-state index contributed by atoms with van der Waals surface area (Å²) < 4.78 is 38.7. The van der Waals surface area contributed by atoms with Gasteiger partial charge in [0.25, 0.3) is 5.91 Å². The van der Waals surface area contributed by atoms with Crippen molar-refractivity contribution < 1.29 is 18.0 Å². The minimum absolute atomic E-state index is 0.109. The highest BCUT2D eigenvalue weighted by molar-refractivity contribution is 6.00. The van der Waals surface area contributed by atoms with Crippen molar-refractivity contribution in [2.24, 2.45) is 5.73 Å². The molecule has 0 aliphatic carbocycles. The van der Waals surface area contributed by atoms with Crippen molar-refractivity contribution in [3.05, 3.63) is 59.7 Å². The van der Waals surface area contributed by atoms with E-state index in [4.69, 9.17) is 5.73 Å². The number of amides is 1. The number of rotatable bonds is 3. The quantitative estimate of drug-likeness (QED) is 0.866. The first kappa shape index (κ1) is 18.3. The number of halogens is 3. The molecule has 0 atom stereocenters. The Kier molecular flexibility index (Phi) is 5.18. The monoisotopic (exact) mass is 363 g/mol. The molecule has 0 bridgehead atoms. The van der Waals surface area contributed by atoms with Crippen LogP contribution in [0.5, 0.6) is 0 Å². The molecule has 1 aliphatic heterocycles. The molecule has 0 radical (unpaired) electrons. The van der Waals surface area contributed by atoms with Gasteiger partial charge in [0.05, 0.1) is 16.8 Å². The molecule has 1 aliphatic rings. The topological polar surface area (TPSA) is 58.4 Å². The number of nitrogens with two attached hydrogens (primary N) is 1. The van der Waals surface area contributed by atoms with Gasteiger partial charge in [0, 0.05) is 24.8 Å². The second kappa shape index (κ2) is 7.37. The summed E-state index contributed by atoms with van der Waals surface area (Å²) >= 11 is 0. The molecule has 0 saturated carbocycles. The van der Waals surface area contributed by atoms with Crippen molar-refractivity contribution in [3.8, 4) is 0 Å². The van der Waals surface area contributed by atoms with Crippen LogP contribution in [0.4, 0.5) is 24.5 Å². The second-order valence-electron chi connectivity index (χ2n) is 6.38. The summed E-state index contributed by atoms with van der Waals surface area (Å²) in [6.45, 7) is 1.16. The van der Waals surface area contributed by atoms with Gasteiger partial charge >= 0.3 is 6.18 Å². The fourth-order valence-electron chi connectivity index (χ4n) is 2.98. The Morgan fingerprint density at radius 2 is 1.77 bits per heavy atom. The minimum Gasteiger partial charge on any atom is -0.355 e. The summed E-state index contributed by atoms with van der Waals surface area (Å²) in [4.78, 5) is 14.5. The Bertz CT molecular complexity index is 784. The van der Waals surface area contributed by atoms with E-state index in [1.807, 2.05) is 0 Å². The molecule has 1 fully saturated rings. The molecule has 2 aromatic carbocycles. The van der Waals surface area contributed by atoms with Crippen LogP contribution in [0, 0.1) is 0 Å². The molecular formula is C19H20F3N3O. The second-order valence-corrected chi connectivity index (χ2v) is 6.38. The van der Waals surface area contributed by atoms with Crippen LogP contribution in [0.2, 0.25) is 0 Å². The number of nitrogens with one attached hydrogen (secondary N) is 1. The summed E-state index contributed by atoms with van der Waals surface area (Å²) in [5.41, 5.74) is 6.32. The van der Waals surface area contributed by atoms with E-state index in [2.05, 4.69) is 5.32 Å². The molecule has 3 N–H and O–H groups in total. The number of alkyl halides is 3. The smallest absolute Gasteiger partial charge is 0.355 e. The zero-order chi connectivity index (χ0) is 18.7. The van der Waals surface area contributed by atoms with Gasteiger partial charge in [-0.25, -0.2) is 0 Å². The molecule has 1 heterocycles. The molecule has 4 nitrogen and oxygen atoms in total. The summed E-state index contributed by atoms with van der Waals surface area (Å²) in [6, 6.07) is 11.9. The summed E-state index contributed by atoms with van der Waals surface area (Å²) in [6.07, 6.45) is -2.93. The first-order valence-corrected chi connectivity index (χ1v) is 8.43. The molecule has 138 valence electrons. The first-order valence-electron chi connectivity index (χ1n) is 8.43. The van der Waals surface area contributed by atoms with E-state index < -0.39 is 11.7 Å². The van der Waals surface area contributed by atoms with Gasteiger partial charge in [-0.15, -0.1) is 0 Å². The molecule has 1 saturated heterocycles. The molecule has 7 heteroatoms. The molecule has 2 aromatic rings. The Hall–Kier alpha value is -2.54. The van der Waals surface area contributed by atoms with E-state index in [1.165, 1.54) is 12.1 Å². The van der Waals surface area contributed by atoms with Gasteiger partial charge in [0.1, 0.15) is 0 Å². The summed E-state index contributed by atoms with van der Waals surface area (Å²) in [5.74, 6) is -0.146. The fraction of sp³-hybridized carbons (Fsp3) is 0.316. The van der Waals surface area contributed by atoms with Crippen LogP contribution in [0.25, 0.3) is 0 Å². The molecule has 3 rings (SSSR count). The summed E-state index contributed by atoms with van der Waals surface area (Å²) in [7, 11) is 0. The van der Waals surface area contributed by atoms with Crippen molar-refractivity contribution >= 4 is 17.3 Å². The Morgan fingerprint density at radius 1 is 1.08 bits per heavy atom. The van der Waals surface area contributed by atoms with E-state index in [1.54, 1.807) is 29.2 Å². The highest BCUT2D eigenvalue weighted by atomic mass is 19.4. The van der Waals surface area contributed by atoms with Crippen molar-refractivity contribution in [3.63, 3.8) is 0 Å². The highest BCUT2D eigenvalue weighted by Crippen LogP contribution is 2.32. The Balaban J connectivity index is 1.83. The van der Waals surface area contributed by atoms with Crippen molar-refractivity contribution in [1.82, 2.24) is 4.90 Å². The number of hydrogen-bond acceptors (Lipinski definition) is 3. The lowest BCUT2D eigenvalue weighted by molar-refractivity contribution is -0.137. The van der Waals surface area contributed by atoms with Gasteiger partial charge in [-0.3, -0.25) is 4.79 Å². The van der Waals surface area contributed by atoms with Crippen LogP contribution in [-0.2, 0) is 6.18 Å². The lowest BCUT2D eigenvalue weighted by Gasteiger charge is -2.30. The first-order chi connectivity index (χ1) is 12.3. The third-order valence-corrected chi connectivity index (χ3v) is 4.45. The summed E-state index contributed by atoms with van der Waals surface area (Å²) in [5, 5.41) is 2.94. The number of likely N-dealkylation sites (tertiary alicyclic amines) is 1. The number of piperidine rings is 1. The van der Waals surface area contributed by atoms with E-state index in [0.717, 1.165) is 25.0 Å². The lowest BCUT2D eigenvalue weighted by Crippen LogP contribution is -2.43. The number of para-hydroxylation sites is 1. The predicted octanol–water partition coefficient (Wildman–Crippen LogP) is 4.01. The molecule has 0 spiro atoms. The van der Waals surface area contributed by atoms with E-state index in [0.29, 0.717) is 24.3 Å². The van der Waals surface area contributed by atoms with Crippen LogP contribution in [0.15, 0.2) is 48.5 Å². The van der Waals surface area contributed by atoms with Crippen LogP contribution < -0.4 is 11.1 Å². The number of carbonyl (C=O) groups excluding carboxylic acids is 1. The van der Waals surface area contributed by atoms with Gasteiger partial charge in [0.2, 0.25) is 0 Å². The van der Waals surface area contributed by atoms with Gasteiger partial charge in [-0.05, 0) is 43.2 Å². The maximum Gasteiger partial charge on any atom is 0.416 e. The Morgan fingerprint density at radius 3 is 2.46 bits per heavy atom. The number of nitrogens with zero attached hydrogens (tertiary/aromatic N) is 1. The molecule has 0 aromatic heterocycles. The Labute approximate surface area is 149 Å². The van der Waals surface area contributed by atoms with Crippen LogP contribution >= 0.6 is 0 Å². The maximum atomic E-state index is 12.9. The van der Waals surface area contributed by atoms with Crippen LogP contribution in [0.1, 0.15) is 28.8 Å². The third-order valence-electron chi connectivity index (χ3n) is 4.45. The molecule has 0 unspecified atom stereocenters. The van der Waals surface area contributed by atoms with Crippen LogP contribution in [-0.4, -0.2) is 29.9 Å². The van der Waals surface area contributed by atoms with Crippen molar-refractivity contribution in [2.75, 3.05) is 18.4 Å². The number of hydrogen-bond donors (Lipinski definition) is 2. The molecule has 1 amide bonds. The van der Waals surface area contributed by atoms with Crippen molar-refractivity contribution in [2.45, 2.75) is 25.1 Å². The van der Waals surface area contributed by atoms with Gasteiger partial charge in [0.15, 0.2) is 0 Å². The molecular weight excluding hydrogens is 343 g/mol. The normalized spacial score (nSPS) is 15.8. The number of benzene rings is 2. The van der Waals surface area contributed by atoms with E-state index in [-0.39, 0.29) is 17.6 Å². The van der Waals surface area contributed by atoms with Gasteiger partial charge in [-0.2, -0.15) is 13.2 Å². The van der Waals surface area contributed by atoms with Crippen LogP contribution in [0.3, 0.4) is 0 Å².